The number of amides is 2. The highest BCUT2D eigenvalue weighted by atomic mass is 16.2. The van der Waals surface area contributed by atoms with Crippen LogP contribution in [-0.2, 0) is 22.4 Å². The number of anilines is 1. The summed E-state index contributed by atoms with van der Waals surface area (Å²) in [6.45, 7) is 1.07. The van der Waals surface area contributed by atoms with E-state index >= 15 is 0 Å². The number of fused-ring (bicyclic) bond motifs is 3. The zero-order valence-electron chi connectivity index (χ0n) is 18.4. The molecular formula is C27H26N4O2. The minimum absolute atomic E-state index is 0.0719. The van der Waals surface area contributed by atoms with Crippen LogP contribution in [0.3, 0.4) is 0 Å². The molecule has 1 atom stereocenters. The highest BCUT2D eigenvalue weighted by Crippen LogP contribution is 2.36. The van der Waals surface area contributed by atoms with Crippen molar-refractivity contribution < 1.29 is 9.59 Å². The summed E-state index contributed by atoms with van der Waals surface area (Å²) in [7, 11) is 0. The number of aromatic nitrogens is 2. The van der Waals surface area contributed by atoms with E-state index in [0.717, 1.165) is 29.4 Å². The average Bonchev–Trinajstić information content (AvgIpc) is 3.34. The maximum absolute atomic E-state index is 13.4. The summed E-state index contributed by atoms with van der Waals surface area (Å²) in [6.07, 6.45) is 1.59. The van der Waals surface area contributed by atoms with Gasteiger partial charge < -0.3 is 5.32 Å². The average molecular weight is 439 g/mol. The predicted molar refractivity (Wildman–Crippen MR) is 129 cm³/mol. The molecule has 5 rings (SSSR count). The summed E-state index contributed by atoms with van der Waals surface area (Å²) in [5.41, 5.74) is 4.05. The van der Waals surface area contributed by atoms with E-state index in [-0.39, 0.29) is 18.2 Å². The van der Waals surface area contributed by atoms with Crippen LogP contribution in [0.25, 0.3) is 11.0 Å². The minimum Gasteiger partial charge on any atom is -0.356 e. The van der Waals surface area contributed by atoms with Crippen LogP contribution < -0.4 is 10.2 Å². The van der Waals surface area contributed by atoms with Gasteiger partial charge in [0.15, 0.2) is 0 Å². The number of hydrogen-bond donors (Lipinski definition) is 1. The van der Waals surface area contributed by atoms with Gasteiger partial charge in [-0.2, -0.15) is 0 Å². The Bertz CT molecular complexity index is 1270. The van der Waals surface area contributed by atoms with Gasteiger partial charge in [0, 0.05) is 13.1 Å². The van der Waals surface area contributed by atoms with Crippen LogP contribution in [0, 0.1) is 0 Å². The first kappa shape index (κ1) is 20.9. The fourth-order valence-corrected chi connectivity index (χ4v) is 4.43. The molecule has 4 aromatic rings. The lowest BCUT2D eigenvalue weighted by Gasteiger charge is -2.16. The standard InChI is InChI=1S/C27H26N4O2/c32-25(28-17-15-20-9-3-1-4-10-20)19-24-26(33)30(18-16-21-11-5-2-6-12-21)27-29-22-13-7-8-14-23(22)31(24)27/h1-14,24H,15-19H2,(H,28,32)/t24-/m1/s1. The molecule has 0 bridgehead atoms. The van der Waals surface area contributed by atoms with E-state index < -0.39 is 6.04 Å². The quantitative estimate of drug-likeness (QED) is 0.454. The molecule has 1 aliphatic heterocycles. The van der Waals surface area contributed by atoms with E-state index in [1.807, 2.05) is 77.4 Å². The molecule has 0 fully saturated rings. The molecule has 166 valence electrons. The van der Waals surface area contributed by atoms with Crippen molar-refractivity contribution in [3.63, 3.8) is 0 Å². The molecule has 2 amide bonds. The molecule has 0 aliphatic carbocycles. The first-order chi connectivity index (χ1) is 16.2. The van der Waals surface area contributed by atoms with Crippen molar-refractivity contribution in [1.29, 1.82) is 0 Å². The number of rotatable bonds is 8. The molecule has 6 nitrogen and oxygen atoms in total. The highest BCUT2D eigenvalue weighted by molar-refractivity contribution is 6.03. The Kier molecular flexibility index (Phi) is 5.89. The van der Waals surface area contributed by atoms with Crippen molar-refractivity contribution in [2.24, 2.45) is 0 Å². The summed E-state index contributed by atoms with van der Waals surface area (Å²) in [5, 5.41) is 2.98. The van der Waals surface area contributed by atoms with Gasteiger partial charge in [-0.15, -0.1) is 0 Å². The molecular weight excluding hydrogens is 412 g/mol. The lowest BCUT2D eigenvalue weighted by atomic mass is 10.1. The van der Waals surface area contributed by atoms with Gasteiger partial charge in [0.2, 0.25) is 11.9 Å². The maximum Gasteiger partial charge on any atom is 0.253 e. The van der Waals surface area contributed by atoms with Gasteiger partial charge in [0.1, 0.15) is 6.04 Å². The second-order valence-corrected chi connectivity index (χ2v) is 8.30. The van der Waals surface area contributed by atoms with Crippen LogP contribution in [0.5, 0.6) is 0 Å². The first-order valence-corrected chi connectivity index (χ1v) is 11.3. The Morgan fingerprint density at radius 2 is 1.48 bits per heavy atom. The van der Waals surface area contributed by atoms with E-state index in [1.165, 1.54) is 5.56 Å². The number of nitrogens with one attached hydrogen (secondary N) is 1. The van der Waals surface area contributed by atoms with Crippen LogP contribution in [0.2, 0.25) is 0 Å². The maximum atomic E-state index is 13.4. The van der Waals surface area contributed by atoms with Crippen molar-refractivity contribution in [3.8, 4) is 0 Å². The van der Waals surface area contributed by atoms with Gasteiger partial charge in [-0.1, -0.05) is 72.8 Å². The summed E-state index contributed by atoms with van der Waals surface area (Å²) >= 11 is 0. The normalized spacial score (nSPS) is 15.1. The highest BCUT2D eigenvalue weighted by Gasteiger charge is 2.40. The summed E-state index contributed by atoms with van der Waals surface area (Å²) in [6, 6.07) is 27.3. The number of benzene rings is 3. The Hall–Kier alpha value is -3.93. The zero-order chi connectivity index (χ0) is 22.6. The van der Waals surface area contributed by atoms with Crippen molar-refractivity contribution in [2.45, 2.75) is 25.3 Å². The van der Waals surface area contributed by atoms with E-state index in [1.54, 1.807) is 4.90 Å². The molecule has 0 saturated carbocycles. The van der Waals surface area contributed by atoms with E-state index in [2.05, 4.69) is 17.4 Å². The third-order valence-electron chi connectivity index (χ3n) is 6.11. The van der Waals surface area contributed by atoms with Crippen molar-refractivity contribution in [1.82, 2.24) is 14.9 Å². The Morgan fingerprint density at radius 3 is 2.21 bits per heavy atom. The van der Waals surface area contributed by atoms with E-state index in [4.69, 9.17) is 4.98 Å². The van der Waals surface area contributed by atoms with Crippen molar-refractivity contribution in [2.75, 3.05) is 18.0 Å². The summed E-state index contributed by atoms with van der Waals surface area (Å²) < 4.78 is 1.93. The van der Waals surface area contributed by atoms with Crippen molar-refractivity contribution >= 4 is 28.8 Å². The van der Waals surface area contributed by atoms with Crippen LogP contribution in [-0.4, -0.2) is 34.5 Å². The number of carbonyl (C=O) groups is 2. The SMILES string of the molecule is O=C(C[C@@H]1C(=O)N(CCc2ccccc2)c2nc3ccccc3n21)NCCc1ccccc1. The lowest BCUT2D eigenvalue weighted by Crippen LogP contribution is -2.34. The molecule has 0 saturated heterocycles. The second kappa shape index (κ2) is 9.28. The Labute approximate surface area is 192 Å². The first-order valence-electron chi connectivity index (χ1n) is 11.3. The Balaban J connectivity index is 1.32. The van der Waals surface area contributed by atoms with Crippen LogP contribution >= 0.6 is 0 Å². The topological polar surface area (TPSA) is 67.2 Å². The largest absolute Gasteiger partial charge is 0.356 e. The van der Waals surface area contributed by atoms with Gasteiger partial charge in [0.25, 0.3) is 5.91 Å². The molecule has 33 heavy (non-hydrogen) atoms. The minimum atomic E-state index is -0.583. The van der Waals surface area contributed by atoms with Gasteiger partial charge in [-0.05, 0) is 36.1 Å². The fraction of sp³-hybridized carbons (Fsp3) is 0.222. The van der Waals surface area contributed by atoms with Crippen LogP contribution in [0.4, 0.5) is 5.95 Å². The molecule has 2 heterocycles. The van der Waals surface area contributed by atoms with Crippen LogP contribution in [0.15, 0.2) is 84.9 Å². The number of imidazole rings is 1. The fourth-order valence-electron chi connectivity index (χ4n) is 4.43. The van der Waals surface area contributed by atoms with Gasteiger partial charge in [-0.3, -0.25) is 19.1 Å². The molecule has 6 heteroatoms. The monoisotopic (exact) mass is 438 g/mol. The molecule has 1 aliphatic rings. The van der Waals surface area contributed by atoms with Gasteiger partial charge in [0.05, 0.1) is 17.5 Å². The predicted octanol–water partition coefficient (Wildman–Crippen LogP) is 3.92. The number of nitrogens with zero attached hydrogens (tertiary/aromatic N) is 3. The molecule has 1 N–H and O–H groups in total. The number of hydrogen-bond acceptors (Lipinski definition) is 3. The van der Waals surface area contributed by atoms with Crippen LogP contribution in [0.1, 0.15) is 23.6 Å². The Morgan fingerprint density at radius 1 is 0.848 bits per heavy atom. The third kappa shape index (κ3) is 4.37. The molecule has 0 unspecified atom stereocenters. The summed E-state index contributed by atoms with van der Waals surface area (Å²) in [5.74, 6) is 0.425. The van der Waals surface area contributed by atoms with Gasteiger partial charge in [-0.25, -0.2) is 4.98 Å². The van der Waals surface area contributed by atoms with E-state index in [0.29, 0.717) is 19.0 Å². The molecule has 0 spiro atoms. The smallest absolute Gasteiger partial charge is 0.253 e. The molecule has 3 aromatic carbocycles. The summed E-state index contributed by atoms with van der Waals surface area (Å²) in [4.78, 5) is 32.6. The third-order valence-corrected chi connectivity index (χ3v) is 6.11. The van der Waals surface area contributed by atoms with Crippen molar-refractivity contribution in [3.05, 3.63) is 96.1 Å². The second-order valence-electron chi connectivity index (χ2n) is 8.30. The van der Waals surface area contributed by atoms with E-state index in [9.17, 15) is 9.59 Å². The number of para-hydroxylation sites is 2. The zero-order valence-corrected chi connectivity index (χ0v) is 18.4. The number of carbonyl (C=O) groups excluding carboxylic acids is 2. The molecule has 0 radical (unpaired) electrons. The van der Waals surface area contributed by atoms with Gasteiger partial charge >= 0.3 is 0 Å². The molecule has 1 aromatic heterocycles. The lowest BCUT2D eigenvalue weighted by molar-refractivity contribution is -0.127.